The van der Waals surface area contributed by atoms with Gasteiger partial charge in [0.05, 0.1) is 0 Å². The largest absolute Gasteiger partial charge is 0.516 e. The zero-order valence-corrected chi connectivity index (χ0v) is 21.8. The third-order valence-electron chi connectivity index (χ3n) is 4.74. The first-order valence-electron chi connectivity index (χ1n) is 7.97. The molecule has 1 N–H and O–H groups in total. The van der Waals surface area contributed by atoms with Crippen LogP contribution >= 0.6 is 12.4 Å². The molecule has 0 spiro atoms. The highest BCUT2D eigenvalue weighted by Crippen LogP contribution is 2.57. The molecule has 14 heteroatoms. The second-order valence-corrected chi connectivity index (χ2v) is 16.3. The zero-order valence-electron chi connectivity index (χ0n) is 18.0. The summed E-state index contributed by atoms with van der Waals surface area (Å²) in [5, 5.41) is 3.12. The molecule has 0 aliphatic carbocycles. The average Bonchev–Trinajstić information content (AvgIpc) is 2.70. The molecule has 0 saturated carbocycles. The van der Waals surface area contributed by atoms with Gasteiger partial charge in [0, 0.05) is 64.0 Å². The third-order valence-corrected chi connectivity index (χ3v) is 19.0. The van der Waals surface area contributed by atoms with Crippen molar-refractivity contribution in [2.24, 2.45) is 0 Å². The maximum absolute atomic E-state index is 5.88. The van der Waals surface area contributed by atoms with Crippen LogP contribution in [0.1, 0.15) is 6.42 Å². The molecule has 0 heterocycles. The molecule has 27 heavy (non-hydrogen) atoms. The topological polar surface area (TPSA) is 95.1 Å². The van der Waals surface area contributed by atoms with Crippen LogP contribution in [-0.4, -0.2) is 104 Å². The van der Waals surface area contributed by atoms with E-state index in [1.54, 1.807) is 0 Å². The number of hydrogen-bond acceptors (Lipinski definition) is 10. The zero-order chi connectivity index (χ0) is 20.5. The summed E-state index contributed by atoms with van der Waals surface area (Å²) in [6.07, 6.45) is 0.384. The fourth-order valence-corrected chi connectivity index (χ4v) is 19.6. The highest BCUT2D eigenvalue weighted by Gasteiger charge is 2.88. The lowest BCUT2D eigenvalue weighted by molar-refractivity contribution is 0.0297. The van der Waals surface area contributed by atoms with Crippen molar-refractivity contribution in [3.05, 3.63) is 0 Å². The lowest BCUT2D eigenvalue weighted by Crippen LogP contribution is -2.80. The fourth-order valence-electron chi connectivity index (χ4n) is 3.65. The van der Waals surface area contributed by atoms with Gasteiger partial charge >= 0.3 is 26.4 Å². The SMILES string of the molecule is CNCCC([Si](OC)(OC)OC)([Si](OC)(OC)OC)[Si](OC)(OC)OC.Cl. The van der Waals surface area contributed by atoms with Crippen LogP contribution in [0.4, 0.5) is 0 Å². The van der Waals surface area contributed by atoms with E-state index >= 15 is 0 Å². The van der Waals surface area contributed by atoms with Crippen molar-refractivity contribution < 1.29 is 39.8 Å². The van der Waals surface area contributed by atoms with Crippen LogP contribution in [0.15, 0.2) is 0 Å². The number of rotatable bonds is 15. The number of halogens is 1. The van der Waals surface area contributed by atoms with E-state index in [4.69, 9.17) is 39.8 Å². The van der Waals surface area contributed by atoms with E-state index in [1.165, 1.54) is 64.0 Å². The first-order valence-corrected chi connectivity index (χ1v) is 13.1. The van der Waals surface area contributed by atoms with Crippen LogP contribution in [-0.2, 0) is 39.8 Å². The number of hydrogen-bond donors (Lipinski definition) is 1. The predicted molar refractivity (Wildman–Crippen MR) is 109 cm³/mol. The van der Waals surface area contributed by atoms with Gasteiger partial charge in [-0.15, -0.1) is 12.4 Å². The minimum atomic E-state index is -3.60. The monoisotopic (exact) mass is 469 g/mol. The lowest BCUT2D eigenvalue weighted by Gasteiger charge is -2.53. The summed E-state index contributed by atoms with van der Waals surface area (Å²) in [4.78, 5) is 0. The molecule has 0 aliphatic heterocycles. The van der Waals surface area contributed by atoms with Gasteiger partial charge in [-0.25, -0.2) is 0 Å². The highest BCUT2D eigenvalue weighted by atomic mass is 35.5. The van der Waals surface area contributed by atoms with Gasteiger partial charge in [0.15, 0.2) is 4.28 Å². The maximum atomic E-state index is 5.88. The molecule has 0 unspecified atom stereocenters. The van der Waals surface area contributed by atoms with Crippen molar-refractivity contribution >= 4 is 38.8 Å². The van der Waals surface area contributed by atoms with E-state index in [2.05, 4.69) is 5.32 Å². The van der Waals surface area contributed by atoms with Gasteiger partial charge in [-0.1, -0.05) is 0 Å². The molecule has 0 atom stereocenters. The molecular formula is C13H36ClNO9Si3. The van der Waals surface area contributed by atoms with Gasteiger partial charge in [-0.05, 0) is 20.0 Å². The smallest absolute Gasteiger partial charge is 0.377 e. The maximum Gasteiger partial charge on any atom is 0.516 e. The van der Waals surface area contributed by atoms with Gasteiger partial charge in [0.25, 0.3) is 0 Å². The molecule has 0 saturated heterocycles. The van der Waals surface area contributed by atoms with Crippen LogP contribution in [0.2, 0.25) is 4.28 Å². The summed E-state index contributed by atoms with van der Waals surface area (Å²) in [6, 6.07) is 0. The standard InChI is InChI=1S/C13H35NO9Si3.ClH/c1-14-12-11-13(24(15-2,16-3)17-4,25(18-5,19-6)20-7)26(21-8,22-9)23-10;/h14H,11-12H2,1-10H3;1H. The van der Waals surface area contributed by atoms with E-state index in [-0.39, 0.29) is 12.4 Å². The lowest BCUT2D eigenvalue weighted by atomic mass is 10.5. The Hall–Kier alpha value is 0.541. The first-order chi connectivity index (χ1) is 12.4. The second-order valence-electron chi connectivity index (χ2n) is 5.26. The summed E-state index contributed by atoms with van der Waals surface area (Å²) in [5.41, 5.74) is 0. The molecule has 166 valence electrons. The van der Waals surface area contributed by atoms with E-state index < -0.39 is 30.7 Å². The molecule has 0 aromatic rings. The Kier molecular flexibility index (Phi) is 14.3. The molecule has 0 aromatic heterocycles. The average molecular weight is 470 g/mol. The van der Waals surface area contributed by atoms with Crippen LogP contribution in [0.25, 0.3) is 0 Å². The summed E-state index contributed by atoms with van der Waals surface area (Å²) < 4.78 is 51.7. The minimum absolute atomic E-state index is 0. The van der Waals surface area contributed by atoms with Crippen molar-refractivity contribution in [1.29, 1.82) is 0 Å². The van der Waals surface area contributed by atoms with Crippen molar-refractivity contribution in [2.45, 2.75) is 10.7 Å². The molecule has 0 rings (SSSR count). The molecule has 0 bridgehead atoms. The first kappa shape index (κ1) is 29.7. The van der Waals surface area contributed by atoms with E-state index in [0.29, 0.717) is 13.0 Å². The Morgan fingerprint density at radius 3 is 0.926 bits per heavy atom. The predicted octanol–water partition coefficient (Wildman–Crippen LogP) is 0.471. The van der Waals surface area contributed by atoms with Crippen molar-refractivity contribution in [2.75, 3.05) is 77.6 Å². The highest BCUT2D eigenvalue weighted by molar-refractivity contribution is 7.02. The molecular weight excluding hydrogens is 434 g/mol. The Balaban J connectivity index is 0. The van der Waals surface area contributed by atoms with Crippen LogP contribution in [0.5, 0.6) is 0 Å². The summed E-state index contributed by atoms with van der Waals surface area (Å²) in [6.45, 7) is 0.528. The molecule has 0 aliphatic rings. The normalized spacial score (nSPS) is 13.6. The van der Waals surface area contributed by atoms with Gasteiger partial charge in [-0.3, -0.25) is 0 Å². The second kappa shape index (κ2) is 13.0. The van der Waals surface area contributed by atoms with Gasteiger partial charge in [-0.2, -0.15) is 0 Å². The van der Waals surface area contributed by atoms with Crippen LogP contribution < -0.4 is 5.32 Å². The molecule has 0 amide bonds. The molecule has 0 fully saturated rings. The quantitative estimate of drug-likeness (QED) is 0.341. The van der Waals surface area contributed by atoms with Crippen LogP contribution in [0.3, 0.4) is 0 Å². The van der Waals surface area contributed by atoms with Gasteiger partial charge in [0.1, 0.15) is 0 Å². The summed E-state index contributed by atoms with van der Waals surface area (Å²) in [5.74, 6) is 0. The Morgan fingerprint density at radius 2 is 0.778 bits per heavy atom. The Bertz CT molecular complexity index is 324. The Labute approximate surface area is 172 Å². The van der Waals surface area contributed by atoms with Crippen molar-refractivity contribution in [3.63, 3.8) is 0 Å². The summed E-state index contributed by atoms with van der Waals surface area (Å²) in [7, 11) is 4.60. The van der Waals surface area contributed by atoms with Gasteiger partial charge in [0.2, 0.25) is 0 Å². The molecule has 0 radical (unpaired) electrons. The number of nitrogens with one attached hydrogen (secondary N) is 1. The molecule has 10 nitrogen and oxygen atoms in total. The minimum Gasteiger partial charge on any atom is -0.377 e. The Morgan fingerprint density at radius 1 is 0.556 bits per heavy atom. The summed E-state index contributed by atoms with van der Waals surface area (Å²) >= 11 is 0. The molecule has 0 aromatic carbocycles. The van der Waals surface area contributed by atoms with Crippen molar-refractivity contribution in [1.82, 2.24) is 5.32 Å². The van der Waals surface area contributed by atoms with E-state index in [0.717, 1.165) is 0 Å². The third kappa shape index (κ3) is 4.51. The van der Waals surface area contributed by atoms with E-state index in [1.807, 2.05) is 7.05 Å². The van der Waals surface area contributed by atoms with E-state index in [9.17, 15) is 0 Å². The van der Waals surface area contributed by atoms with Gasteiger partial charge < -0.3 is 45.2 Å². The van der Waals surface area contributed by atoms with Crippen molar-refractivity contribution in [3.8, 4) is 0 Å². The van der Waals surface area contributed by atoms with Crippen LogP contribution in [0, 0.1) is 0 Å². The fraction of sp³-hybridized carbons (Fsp3) is 1.00.